The van der Waals surface area contributed by atoms with Gasteiger partial charge in [0.15, 0.2) is 0 Å². The first kappa shape index (κ1) is 16.8. The summed E-state index contributed by atoms with van der Waals surface area (Å²) in [6.07, 6.45) is 0.621. The molecule has 2 aromatic carbocycles. The molecule has 0 bridgehead atoms. The Kier molecular flexibility index (Phi) is 5.14. The maximum atomic E-state index is 12.4. The number of benzene rings is 2. The largest absolute Gasteiger partial charge is 0.489 e. The Hall–Kier alpha value is -3.08. The highest BCUT2D eigenvalue weighted by molar-refractivity contribution is 6.05. The Bertz CT molecular complexity index is 839. The Morgan fingerprint density at radius 1 is 1.12 bits per heavy atom. The average Bonchev–Trinajstić information content (AvgIpc) is 3.03. The van der Waals surface area contributed by atoms with Crippen molar-refractivity contribution in [1.29, 1.82) is 0 Å². The SMILES string of the molecule is CCc1onc(C)c1C(=O)Nc1ccc(OCc2ccccc2)cc1. The van der Waals surface area contributed by atoms with Crippen LogP contribution in [0.3, 0.4) is 0 Å². The van der Waals surface area contributed by atoms with E-state index >= 15 is 0 Å². The van der Waals surface area contributed by atoms with Crippen molar-refractivity contribution in [3.8, 4) is 5.75 Å². The highest BCUT2D eigenvalue weighted by Crippen LogP contribution is 2.20. The zero-order valence-corrected chi connectivity index (χ0v) is 14.3. The minimum absolute atomic E-state index is 0.214. The van der Waals surface area contributed by atoms with Crippen molar-refractivity contribution in [2.75, 3.05) is 5.32 Å². The van der Waals surface area contributed by atoms with Gasteiger partial charge in [0.1, 0.15) is 23.7 Å². The number of anilines is 1. The molecule has 0 spiro atoms. The van der Waals surface area contributed by atoms with Gasteiger partial charge < -0.3 is 14.6 Å². The summed E-state index contributed by atoms with van der Waals surface area (Å²) >= 11 is 0. The third kappa shape index (κ3) is 4.07. The zero-order chi connectivity index (χ0) is 17.6. The molecule has 5 heteroatoms. The van der Waals surface area contributed by atoms with Gasteiger partial charge in [-0.3, -0.25) is 4.79 Å². The second-order valence-corrected chi connectivity index (χ2v) is 5.67. The van der Waals surface area contributed by atoms with Gasteiger partial charge in [-0.2, -0.15) is 0 Å². The van der Waals surface area contributed by atoms with Crippen molar-refractivity contribution in [3.63, 3.8) is 0 Å². The number of carbonyl (C=O) groups excluding carboxylic acids is 1. The van der Waals surface area contributed by atoms with E-state index in [1.54, 1.807) is 6.92 Å². The van der Waals surface area contributed by atoms with E-state index in [4.69, 9.17) is 9.26 Å². The van der Waals surface area contributed by atoms with Crippen molar-refractivity contribution in [1.82, 2.24) is 5.16 Å². The molecular formula is C20H20N2O3. The van der Waals surface area contributed by atoms with E-state index in [2.05, 4.69) is 10.5 Å². The van der Waals surface area contributed by atoms with Gasteiger partial charge in [0.25, 0.3) is 5.91 Å². The van der Waals surface area contributed by atoms with Crippen molar-refractivity contribution in [3.05, 3.63) is 77.2 Å². The molecular weight excluding hydrogens is 316 g/mol. The van der Waals surface area contributed by atoms with E-state index in [0.29, 0.717) is 35.7 Å². The minimum atomic E-state index is -0.214. The van der Waals surface area contributed by atoms with Crippen LogP contribution in [0.1, 0.15) is 34.3 Å². The monoisotopic (exact) mass is 336 g/mol. The molecule has 3 aromatic rings. The third-order valence-corrected chi connectivity index (χ3v) is 3.84. The third-order valence-electron chi connectivity index (χ3n) is 3.84. The van der Waals surface area contributed by atoms with Gasteiger partial charge in [-0.05, 0) is 36.8 Å². The number of aryl methyl sites for hydroxylation is 2. The standard InChI is InChI=1S/C20H20N2O3/c1-3-18-19(14(2)22-25-18)20(23)21-16-9-11-17(12-10-16)24-13-15-7-5-4-6-8-15/h4-12H,3,13H2,1-2H3,(H,21,23). The summed E-state index contributed by atoms with van der Waals surface area (Å²) in [5.74, 6) is 1.13. The summed E-state index contributed by atoms with van der Waals surface area (Å²) in [7, 11) is 0. The molecule has 0 fully saturated rings. The molecule has 0 aliphatic carbocycles. The molecule has 0 atom stereocenters. The molecule has 1 heterocycles. The van der Waals surface area contributed by atoms with E-state index in [0.717, 1.165) is 11.3 Å². The van der Waals surface area contributed by atoms with Crippen molar-refractivity contribution in [2.45, 2.75) is 26.9 Å². The second-order valence-electron chi connectivity index (χ2n) is 5.67. The predicted octanol–water partition coefficient (Wildman–Crippen LogP) is 4.38. The molecule has 1 aromatic heterocycles. The molecule has 5 nitrogen and oxygen atoms in total. The highest BCUT2D eigenvalue weighted by Gasteiger charge is 2.19. The molecule has 1 amide bonds. The number of hydrogen-bond acceptors (Lipinski definition) is 4. The van der Waals surface area contributed by atoms with E-state index < -0.39 is 0 Å². The normalized spacial score (nSPS) is 10.5. The molecule has 0 saturated carbocycles. The summed E-state index contributed by atoms with van der Waals surface area (Å²) in [5, 5.41) is 6.73. The predicted molar refractivity (Wildman–Crippen MR) is 95.8 cm³/mol. The van der Waals surface area contributed by atoms with Crippen LogP contribution in [0, 0.1) is 6.92 Å². The summed E-state index contributed by atoms with van der Waals surface area (Å²) in [6, 6.07) is 17.3. The number of nitrogens with one attached hydrogen (secondary N) is 1. The van der Waals surface area contributed by atoms with Gasteiger partial charge in [-0.1, -0.05) is 42.4 Å². The van der Waals surface area contributed by atoms with Crippen molar-refractivity contribution < 1.29 is 14.1 Å². The fourth-order valence-electron chi connectivity index (χ4n) is 2.52. The number of nitrogens with zero attached hydrogens (tertiary/aromatic N) is 1. The Balaban J connectivity index is 1.62. The molecule has 0 radical (unpaired) electrons. The van der Waals surface area contributed by atoms with Gasteiger partial charge in [-0.25, -0.2) is 0 Å². The molecule has 128 valence electrons. The lowest BCUT2D eigenvalue weighted by Gasteiger charge is -2.08. The van der Waals surface area contributed by atoms with Crippen LogP contribution in [0.25, 0.3) is 0 Å². The lowest BCUT2D eigenvalue weighted by Crippen LogP contribution is -2.14. The number of rotatable bonds is 6. The molecule has 0 aliphatic rings. The summed E-state index contributed by atoms with van der Waals surface area (Å²) in [4.78, 5) is 12.4. The van der Waals surface area contributed by atoms with Crippen LogP contribution >= 0.6 is 0 Å². The fraction of sp³-hybridized carbons (Fsp3) is 0.200. The van der Waals surface area contributed by atoms with E-state index in [1.807, 2.05) is 61.5 Å². The lowest BCUT2D eigenvalue weighted by atomic mass is 10.1. The van der Waals surface area contributed by atoms with E-state index in [9.17, 15) is 4.79 Å². The van der Waals surface area contributed by atoms with E-state index in [-0.39, 0.29) is 5.91 Å². The van der Waals surface area contributed by atoms with Gasteiger partial charge in [0.05, 0.1) is 5.69 Å². The second kappa shape index (κ2) is 7.66. The average molecular weight is 336 g/mol. The topological polar surface area (TPSA) is 64.4 Å². The molecule has 1 N–H and O–H groups in total. The van der Waals surface area contributed by atoms with Crippen LogP contribution in [0.2, 0.25) is 0 Å². The van der Waals surface area contributed by atoms with Gasteiger partial charge >= 0.3 is 0 Å². The maximum absolute atomic E-state index is 12.4. The molecule has 3 rings (SSSR count). The van der Waals surface area contributed by atoms with Crippen LogP contribution in [-0.4, -0.2) is 11.1 Å². The van der Waals surface area contributed by atoms with Crippen LogP contribution in [0.5, 0.6) is 5.75 Å². The van der Waals surface area contributed by atoms with Crippen LogP contribution in [0.15, 0.2) is 59.1 Å². The quantitative estimate of drug-likeness (QED) is 0.725. The Morgan fingerprint density at radius 2 is 1.84 bits per heavy atom. The number of carbonyl (C=O) groups is 1. The Morgan fingerprint density at radius 3 is 2.52 bits per heavy atom. The van der Waals surface area contributed by atoms with Gasteiger partial charge in [0, 0.05) is 12.1 Å². The fourth-order valence-corrected chi connectivity index (χ4v) is 2.52. The smallest absolute Gasteiger partial charge is 0.261 e. The highest BCUT2D eigenvalue weighted by atomic mass is 16.5. The number of aromatic nitrogens is 1. The first-order valence-corrected chi connectivity index (χ1v) is 8.20. The van der Waals surface area contributed by atoms with Crippen LogP contribution < -0.4 is 10.1 Å². The number of hydrogen-bond donors (Lipinski definition) is 1. The number of amides is 1. The van der Waals surface area contributed by atoms with Gasteiger partial charge in [0.2, 0.25) is 0 Å². The first-order chi connectivity index (χ1) is 12.2. The molecule has 0 aliphatic heterocycles. The van der Waals surface area contributed by atoms with Crippen molar-refractivity contribution in [2.24, 2.45) is 0 Å². The summed E-state index contributed by atoms with van der Waals surface area (Å²) in [5.41, 5.74) is 2.90. The summed E-state index contributed by atoms with van der Waals surface area (Å²) < 4.78 is 10.9. The minimum Gasteiger partial charge on any atom is -0.489 e. The van der Waals surface area contributed by atoms with Crippen molar-refractivity contribution >= 4 is 11.6 Å². The number of ether oxygens (including phenoxy) is 1. The zero-order valence-electron chi connectivity index (χ0n) is 14.3. The first-order valence-electron chi connectivity index (χ1n) is 8.20. The Labute approximate surface area is 146 Å². The van der Waals surface area contributed by atoms with Gasteiger partial charge in [-0.15, -0.1) is 0 Å². The van der Waals surface area contributed by atoms with Crippen LogP contribution in [0.4, 0.5) is 5.69 Å². The molecule has 0 saturated heterocycles. The van der Waals surface area contributed by atoms with Crippen LogP contribution in [-0.2, 0) is 13.0 Å². The lowest BCUT2D eigenvalue weighted by molar-refractivity contribution is 0.102. The molecule has 25 heavy (non-hydrogen) atoms. The summed E-state index contributed by atoms with van der Waals surface area (Å²) in [6.45, 7) is 4.19. The molecule has 0 unspecified atom stereocenters. The van der Waals surface area contributed by atoms with E-state index in [1.165, 1.54) is 0 Å². The maximum Gasteiger partial charge on any atom is 0.261 e.